The second kappa shape index (κ2) is 5.61. The summed E-state index contributed by atoms with van der Waals surface area (Å²) in [5.74, 6) is 0.437. The van der Waals surface area contributed by atoms with Crippen molar-refractivity contribution in [2.45, 2.75) is 11.3 Å². The highest BCUT2D eigenvalue weighted by Gasteiger charge is 2.48. The van der Waals surface area contributed by atoms with Crippen LogP contribution in [0.3, 0.4) is 0 Å². The molecule has 2 atom stereocenters. The van der Waals surface area contributed by atoms with Crippen LogP contribution in [0.25, 0.3) is 11.1 Å². The summed E-state index contributed by atoms with van der Waals surface area (Å²) in [5, 5.41) is 0.0706. The third-order valence-corrected chi connectivity index (χ3v) is 7.90. The molecule has 0 radical (unpaired) electrons. The van der Waals surface area contributed by atoms with Crippen molar-refractivity contribution in [2.75, 3.05) is 16.4 Å². The number of thioether (sulfide) groups is 1. The van der Waals surface area contributed by atoms with E-state index in [2.05, 4.69) is 24.3 Å². The summed E-state index contributed by atoms with van der Waals surface area (Å²) in [6, 6.07) is 18.3. The molecule has 0 spiro atoms. The average molecular weight is 362 g/mol. The van der Waals surface area contributed by atoms with E-state index in [4.69, 9.17) is 12.2 Å². The molecule has 6 heteroatoms. The Morgan fingerprint density at radius 3 is 2.30 bits per heavy atom. The van der Waals surface area contributed by atoms with Crippen LogP contribution in [0, 0.1) is 0 Å². The van der Waals surface area contributed by atoms with Gasteiger partial charge in [-0.15, -0.1) is 0 Å². The first kappa shape index (κ1) is 15.2. The van der Waals surface area contributed by atoms with Crippen LogP contribution in [0.1, 0.15) is 0 Å². The molecule has 2 heterocycles. The molecular formula is C17H15NO2S3. The summed E-state index contributed by atoms with van der Waals surface area (Å²) in [7, 11) is -2.94. The molecule has 2 aliphatic heterocycles. The van der Waals surface area contributed by atoms with Crippen LogP contribution < -0.4 is 4.90 Å². The van der Waals surface area contributed by atoms with Crippen molar-refractivity contribution in [3.8, 4) is 11.1 Å². The van der Waals surface area contributed by atoms with Gasteiger partial charge in [0, 0.05) is 10.9 Å². The van der Waals surface area contributed by atoms with Crippen LogP contribution in [0.5, 0.6) is 0 Å². The lowest BCUT2D eigenvalue weighted by atomic mass is 10.1. The Labute approximate surface area is 145 Å². The zero-order chi connectivity index (χ0) is 16.0. The number of fused-ring (bicyclic) bond motifs is 1. The van der Waals surface area contributed by atoms with Gasteiger partial charge in [-0.25, -0.2) is 8.42 Å². The normalized spacial score (nSPS) is 25.6. The molecule has 0 saturated carbocycles. The van der Waals surface area contributed by atoms with Crippen LogP contribution in [-0.2, 0) is 9.84 Å². The van der Waals surface area contributed by atoms with E-state index in [0.717, 1.165) is 15.6 Å². The summed E-state index contributed by atoms with van der Waals surface area (Å²) in [6.07, 6.45) is 0. The molecule has 0 aromatic heterocycles. The number of benzene rings is 2. The predicted octanol–water partition coefficient (Wildman–Crippen LogP) is 3.36. The van der Waals surface area contributed by atoms with E-state index in [1.54, 1.807) is 0 Å². The monoisotopic (exact) mass is 361 g/mol. The van der Waals surface area contributed by atoms with Crippen LogP contribution >= 0.6 is 24.0 Å². The number of anilines is 1. The lowest BCUT2D eigenvalue weighted by Gasteiger charge is -2.24. The highest BCUT2D eigenvalue weighted by Crippen LogP contribution is 2.41. The first-order valence-corrected chi connectivity index (χ1v) is 10.5. The molecule has 0 N–H and O–H groups in total. The van der Waals surface area contributed by atoms with E-state index in [1.807, 2.05) is 35.2 Å². The summed E-state index contributed by atoms with van der Waals surface area (Å²) in [6.45, 7) is 0. The van der Waals surface area contributed by atoms with Crippen LogP contribution in [-0.4, -0.2) is 35.5 Å². The Balaban J connectivity index is 1.64. The topological polar surface area (TPSA) is 37.4 Å². The molecule has 23 heavy (non-hydrogen) atoms. The number of hydrogen-bond acceptors (Lipinski definition) is 4. The maximum absolute atomic E-state index is 11.9. The van der Waals surface area contributed by atoms with Crippen molar-refractivity contribution < 1.29 is 8.42 Å². The Bertz CT molecular complexity index is 847. The summed E-state index contributed by atoms with van der Waals surface area (Å²) < 4.78 is 24.5. The fourth-order valence-corrected chi connectivity index (χ4v) is 7.59. The predicted molar refractivity (Wildman–Crippen MR) is 101 cm³/mol. The number of thiocarbonyl (C=S) groups is 1. The van der Waals surface area contributed by atoms with Gasteiger partial charge in [-0.2, -0.15) is 0 Å². The summed E-state index contributed by atoms with van der Waals surface area (Å²) >= 11 is 6.99. The number of nitrogens with zero attached hydrogens (tertiary/aromatic N) is 1. The minimum atomic E-state index is -2.94. The standard InChI is InChI=1S/C17H15NO2S3/c19-23(20)10-15-16(11-23)22-17(21)18(15)14-8-6-13(7-9-14)12-4-2-1-3-5-12/h1-9,15-16H,10-11H2/t15-,16+/m0/s1. The van der Waals surface area contributed by atoms with E-state index in [0.29, 0.717) is 0 Å². The molecule has 4 rings (SSSR count). The molecule has 0 amide bonds. The molecule has 0 aliphatic carbocycles. The molecule has 2 aromatic rings. The first-order chi connectivity index (χ1) is 11.0. The Morgan fingerprint density at radius 1 is 0.957 bits per heavy atom. The zero-order valence-corrected chi connectivity index (χ0v) is 14.7. The number of hydrogen-bond donors (Lipinski definition) is 0. The zero-order valence-electron chi connectivity index (χ0n) is 12.3. The fourth-order valence-electron chi connectivity index (χ4n) is 3.21. The van der Waals surface area contributed by atoms with Gasteiger partial charge in [0.05, 0.1) is 17.5 Å². The van der Waals surface area contributed by atoms with Crippen molar-refractivity contribution in [2.24, 2.45) is 0 Å². The lowest BCUT2D eigenvalue weighted by molar-refractivity contribution is 0.601. The van der Waals surface area contributed by atoms with Crippen molar-refractivity contribution in [1.82, 2.24) is 0 Å². The minimum Gasteiger partial charge on any atom is -0.322 e. The summed E-state index contributed by atoms with van der Waals surface area (Å²) in [4.78, 5) is 2.02. The first-order valence-electron chi connectivity index (χ1n) is 7.39. The molecule has 2 aromatic carbocycles. The molecular weight excluding hydrogens is 346 g/mol. The molecule has 0 bridgehead atoms. The third kappa shape index (κ3) is 2.79. The second-order valence-electron chi connectivity index (χ2n) is 5.85. The highest BCUT2D eigenvalue weighted by atomic mass is 32.2. The second-order valence-corrected chi connectivity index (χ2v) is 9.88. The van der Waals surface area contributed by atoms with Gasteiger partial charge in [0.1, 0.15) is 4.32 Å². The molecule has 2 aliphatic rings. The van der Waals surface area contributed by atoms with Gasteiger partial charge in [0.15, 0.2) is 9.84 Å². The molecule has 118 valence electrons. The van der Waals surface area contributed by atoms with E-state index in [9.17, 15) is 8.42 Å². The van der Waals surface area contributed by atoms with Crippen LogP contribution in [0.2, 0.25) is 0 Å². The van der Waals surface area contributed by atoms with Gasteiger partial charge < -0.3 is 4.90 Å². The van der Waals surface area contributed by atoms with Gasteiger partial charge in [0.2, 0.25) is 0 Å². The maximum atomic E-state index is 11.9. The van der Waals surface area contributed by atoms with Gasteiger partial charge in [-0.1, -0.05) is 66.4 Å². The fraction of sp³-hybridized carbons (Fsp3) is 0.235. The van der Waals surface area contributed by atoms with Gasteiger partial charge in [-0.05, 0) is 23.3 Å². The van der Waals surface area contributed by atoms with Crippen molar-refractivity contribution >= 4 is 43.8 Å². The largest absolute Gasteiger partial charge is 0.322 e. The number of rotatable bonds is 2. The van der Waals surface area contributed by atoms with Gasteiger partial charge in [-0.3, -0.25) is 0 Å². The maximum Gasteiger partial charge on any atom is 0.153 e. The van der Waals surface area contributed by atoms with Crippen LogP contribution in [0.15, 0.2) is 54.6 Å². The number of sulfone groups is 1. The Kier molecular flexibility index (Phi) is 3.70. The Morgan fingerprint density at radius 2 is 1.61 bits per heavy atom. The smallest absolute Gasteiger partial charge is 0.153 e. The van der Waals surface area contributed by atoms with Crippen molar-refractivity contribution in [3.63, 3.8) is 0 Å². The van der Waals surface area contributed by atoms with Crippen molar-refractivity contribution in [3.05, 3.63) is 54.6 Å². The van der Waals surface area contributed by atoms with E-state index in [1.165, 1.54) is 17.3 Å². The van der Waals surface area contributed by atoms with E-state index >= 15 is 0 Å². The lowest BCUT2D eigenvalue weighted by Crippen LogP contribution is -2.36. The average Bonchev–Trinajstić information content (AvgIpc) is 2.98. The molecule has 2 saturated heterocycles. The summed E-state index contributed by atoms with van der Waals surface area (Å²) in [5.41, 5.74) is 3.29. The third-order valence-electron chi connectivity index (χ3n) is 4.31. The van der Waals surface area contributed by atoms with E-state index < -0.39 is 9.84 Å². The molecule has 3 nitrogen and oxygen atoms in total. The quantitative estimate of drug-likeness (QED) is 0.767. The Hall–Kier alpha value is -1.37. The van der Waals surface area contributed by atoms with Gasteiger partial charge in [0.25, 0.3) is 0 Å². The SMILES string of the molecule is O=S1(=O)C[C@H]2SC(=S)N(c3ccc(-c4ccccc4)cc3)[C@H]2C1. The van der Waals surface area contributed by atoms with Crippen LogP contribution in [0.4, 0.5) is 5.69 Å². The van der Waals surface area contributed by atoms with E-state index in [-0.39, 0.29) is 22.8 Å². The molecule has 2 fully saturated rings. The highest BCUT2D eigenvalue weighted by molar-refractivity contribution is 8.24. The minimum absolute atomic E-state index is 0.0277. The molecule has 0 unspecified atom stereocenters. The van der Waals surface area contributed by atoms with Gasteiger partial charge >= 0.3 is 0 Å². The van der Waals surface area contributed by atoms with Crippen molar-refractivity contribution in [1.29, 1.82) is 0 Å².